The zero-order valence-electron chi connectivity index (χ0n) is 11.0. The minimum absolute atomic E-state index is 0.415. The van der Waals surface area contributed by atoms with Crippen LogP contribution in [0.25, 0.3) is 0 Å². The molecule has 0 radical (unpaired) electrons. The molecule has 0 aromatic carbocycles. The molecule has 0 spiro atoms. The number of allylic oxidation sites excluding steroid dienone is 4. The Morgan fingerprint density at radius 2 is 1.76 bits per heavy atom. The third-order valence-electron chi connectivity index (χ3n) is 3.04. The van der Waals surface area contributed by atoms with Crippen LogP contribution in [-0.4, -0.2) is 31.2 Å². The molecule has 0 heterocycles. The normalized spacial score (nSPS) is 29.4. The second-order valence-corrected chi connectivity index (χ2v) is 4.78. The summed E-state index contributed by atoms with van der Waals surface area (Å²) in [5.74, 6) is 0. The summed E-state index contributed by atoms with van der Waals surface area (Å²) in [6.07, 6.45) is 16.0. The monoisotopic (exact) mass is 237 g/mol. The Morgan fingerprint density at radius 1 is 1.00 bits per heavy atom. The van der Waals surface area contributed by atoms with Crippen molar-refractivity contribution in [1.29, 1.82) is 0 Å². The maximum absolute atomic E-state index is 13.4. The number of hydrogen-bond donors (Lipinski definition) is 0. The number of alkyl halides is 1. The molecule has 1 nitrogen and oxygen atoms in total. The Bertz CT molecular complexity index is 279. The van der Waals surface area contributed by atoms with Crippen molar-refractivity contribution in [3.8, 4) is 0 Å². The average molecular weight is 237 g/mol. The third-order valence-corrected chi connectivity index (χ3v) is 3.04. The molecule has 0 saturated heterocycles. The molecule has 2 unspecified atom stereocenters. The largest absolute Gasteiger partial charge is 0.303 e. The van der Waals surface area contributed by atoms with Crippen molar-refractivity contribution in [2.45, 2.75) is 44.3 Å². The predicted octanol–water partition coefficient (Wildman–Crippen LogP) is 3.89. The number of likely N-dealkylation sites (N-methyl/N-ethyl adjacent to an activating group) is 1. The van der Waals surface area contributed by atoms with Gasteiger partial charge in [0, 0.05) is 6.04 Å². The Labute approximate surface area is 105 Å². The minimum Gasteiger partial charge on any atom is -0.303 e. The lowest BCUT2D eigenvalue weighted by Gasteiger charge is -2.19. The fourth-order valence-electron chi connectivity index (χ4n) is 1.86. The van der Waals surface area contributed by atoms with Gasteiger partial charge in [-0.05, 0) is 46.2 Å². The highest BCUT2D eigenvalue weighted by Crippen LogP contribution is 2.11. The molecule has 0 fully saturated rings. The summed E-state index contributed by atoms with van der Waals surface area (Å²) in [5, 5.41) is 0. The van der Waals surface area contributed by atoms with Crippen molar-refractivity contribution >= 4 is 0 Å². The molecule has 17 heavy (non-hydrogen) atoms. The number of halogens is 1. The summed E-state index contributed by atoms with van der Waals surface area (Å²) in [7, 11) is 4.16. The van der Waals surface area contributed by atoms with E-state index in [1.54, 1.807) is 0 Å². The highest BCUT2D eigenvalue weighted by atomic mass is 19.1. The van der Waals surface area contributed by atoms with Gasteiger partial charge in [0.15, 0.2) is 0 Å². The summed E-state index contributed by atoms with van der Waals surface area (Å²) >= 11 is 0. The van der Waals surface area contributed by atoms with E-state index < -0.39 is 6.17 Å². The van der Waals surface area contributed by atoms with Gasteiger partial charge in [-0.15, -0.1) is 0 Å². The van der Waals surface area contributed by atoms with Gasteiger partial charge in [0.1, 0.15) is 6.17 Å². The molecular formula is C15H24FN. The fourth-order valence-corrected chi connectivity index (χ4v) is 1.86. The third kappa shape index (κ3) is 6.42. The highest BCUT2D eigenvalue weighted by molar-refractivity contribution is 5.02. The summed E-state index contributed by atoms with van der Waals surface area (Å²) < 4.78 is 13.4. The smallest absolute Gasteiger partial charge is 0.104 e. The molecule has 0 N–H and O–H groups in total. The van der Waals surface area contributed by atoms with Crippen molar-refractivity contribution in [1.82, 2.24) is 4.90 Å². The van der Waals surface area contributed by atoms with Crippen LogP contribution in [0, 0.1) is 0 Å². The van der Waals surface area contributed by atoms with E-state index in [9.17, 15) is 4.39 Å². The quantitative estimate of drug-likeness (QED) is 0.625. The van der Waals surface area contributed by atoms with Crippen LogP contribution >= 0.6 is 0 Å². The van der Waals surface area contributed by atoms with Gasteiger partial charge in [-0.3, -0.25) is 0 Å². The van der Waals surface area contributed by atoms with Crippen molar-refractivity contribution < 1.29 is 4.39 Å². The van der Waals surface area contributed by atoms with Crippen molar-refractivity contribution in [3.05, 3.63) is 36.5 Å². The summed E-state index contributed by atoms with van der Waals surface area (Å²) in [5.41, 5.74) is 0. The maximum Gasteiger partial charge on any atom is 0.104 e. The van der Waals surface area contributed by atoms with Crippen LogP contribution in [0.4, 0.5) is 4.39 Å². The Morgan fingerprint density at radius 3 is 2.53 bits per heavy atom. The Kier molecular flexibility index (Phi) is 6.87. The molecule has 0 aromatic heterocycles. The lowest BCUT2D eigenvalue weighted by atomic mass is 10.1. The van der Waals surface area contributed by atoms with Gasteiger partial charge in [-0.25, -0.2) is 4.39 Å². The van der Waals surface area contributed by atoms with Gasteiger partial charge in [-0.1, -0.05) is 36.5 Å². The van der Waals surface area contributed by atoms with E-state index in [1.165, 1.54) is 0 Å². The van der Waals surface area contributed by atoms with E-state index in [0.717, 1.165) is 19.3 Å². The standard InChI is InChI=1S/C15H24FN/c1-17(2)15-12-7-5-3-4-6-10-14(16)11-8-9-13-15/h3-4,7-9,12,14-15H,5-6,10-11,13H2,1-2H3/b4-3-,9-8?,12-7?. The van der Waals surface area contributed by atoms with E-state index in [0.29, 0.717) is 18.9 Å². The Balaban J connectivity index is 2.59. The van der Waals surface area contributed by atoms with E-state index in [-0.39, 0.29) is 0 Å². The second kappa shape index (κ2) is 8.24. The van der Waals surface area contributed by atoms with Gasteiger partial charge in [0.05, 0.1) is 0 Å². The first-order valence-electron chi connectivity index (χ1n) is 6.47. The summed E-state index contributed by atoms with van der Waals surface area (Å²) in [6, 6.07) is 0.415. The van der Waals surface area contributed by atoms with E-state index >= 15 is 0 Å². The molecule has 0 aliphatic heterocycles. The van der Waals surface area contributed by atoms with Gasteiger partial charge in [0.2, 0.25) is 0 Å². The topological polar surface area (TPSA) is 3.24 Å². The van der Waals surface area contributed by atoms with Gasteiger partial charge < -0.3 is 4.90 Å². The molecule has 0 aromatic rings. The second-order valence-electron chi connectivity index (χ2n) is 4.78. The molecule has 1 aliphatic rings. The molecule has 0 saturated carbocycles. The van der Waals surface area contributed by atoms with Crippen LogP contribution in [0.2, 0.25) is 0 Å². The zero-order valence-corrected chi connectivity index (χ0v) is 11.0. The predicted molar refractivity (Wildman–Crippen MR) is 72.9 cm³/mol. The number of rotatable bonds is 1. The van der Waals surface area contributed by atoms with E-state index in [1.807, 2.05) is 6.08 Å². The van der Waals surface area contributed by atoms with Gasteiger partial charge in [0.25, 0.3) is 0 Å². The molecule has 0 amide bonds. The van der Waals surface area contributed by atoms with Crippen molar-refractivity contribution in [3.63, 3.8) is 0 Å². The molecule has 2 atom stereocenters. The van der Waals surface area contributed by atoms with Crippen molar-refractivity contribution in [2.24, 2.45) is 0 Å². The number of nitrogens with zero attached hydrogens (tertiary/aromatic N) is 1. The van der Waals surface area contributed by atoms with E-state index in [2.05, 4.69) is 49.4 Å². The first-order valence-corrected chi connectivity index (χ1v) is 6.47. The van der Waals surface area contributed by atoms with Crippen LogP contribution in [-0.2, 0) is 0 Å². The van der Waals surface area contributed by atoms with Crippen LogP contribution < -0.4 is 0 Å². The summed E-state index contributed by atoms with van der Waals surface area (Å²) in [4.78, 5) is 2.19. The van der Waals surface area contributed by atoms with Gasteiger partial charge in [-0.2, -0.15) is 0 Å². The van der Waals surface area contributed by atoms with E-state index in [4.69, 9.17) is 0 Å². The lowest BCUT2D eigenvalue weighted by molar-refractivity contribution is 0.318. The molecule has 1 rings (SSSR count). The van der Waals surface area contributed by atoms with Crippen molar-refractivity contribution in [2.75, 3.05) is 14.1 Å². The lowest BCUT2D eigenvalue weighted by Crippen LogP contribution is -2.25. The number of hydrogen-bond acceptors (Lipinski definition) is 1. The average Bonchev–Trinajstić information content (AvgIpc) is 2.30. The van der Waals surface area contributed by atoms with Crippen LogP contribution in [0.5, 0.6) is 0 Å². The SMILES string of the molecule is CN(C)C1C=CC/C=C\CCC(F)CC=CC1. The first kappa shape index (κ1) is 14.2. The van der Waals surface area contributed by atoms with Gasteiger partial charge >= 0.3 is 0 Å². The molecule has 2 heteroatoms. The first-order chi connectivity index (χ1) is 8.20. The molecule has 0 bridgehead atoms. The maximum atomic E-state index is 13.4. The Hall–Kier alpha value is -0.890. The van der Waals surface area contributed by atoms with Crippen LogP contribution in [0.3, 0.4) is 0 Å². The molecule has 96 valence electrons. The fraction of sp³-hybridized carbons (Fsp3) is 0.600. The summed E-state index contributed by atoms with van der Waals surface area (Å²) in [6.45, 7) is 0. The van der Waals surface area contributed by atoms with Crippen LogP contribution in [0.1, 0.15) is 32.1 Å². The highest BCUT2D eigenvalue weighted by Gasteiger charge is 2.06. The minimum atomic E-state index is -0.692. The molecule has 1 aliphatic carbocycles. The molecular weight excluding hydrogens is 213 g/mol. The zero-order chi connectivity index (χ0) is 12.5. The van der Waals surface area contributed by atoms with Crippen LogP contribution in [0.15, 0.2) is 36.5 Å².